The predicted octanol–water partition coefficient (Wildman–Crippen LogP) is -0.404. The van der Waals surface area contributed by atoms with Crippen molar-refractivity contribution in [3.63, 3.8) is 0 Å². The van der Waals surface area contributed by atoms with Crippen molar-refractivity contribution in [3.05, 3.63) is 0 Å². The third-order valence-electron chi connectivity index (χ3n) is 4.28. The molecule has 2 unspecified atom stereocenters. The summed E-state index contributed by atoms with van der Waals surface area (Å²) in [5.74, 6) is 0.363. The van der Waals surface area contributed by atoms with Gasteiger partial charge in [0.2, 0.25) is 11.8 Å². The minimum Gasteiger partial charge on any atom is -0.378 e. The van der Waals surface area contributed by atoms with Crippen LogP contribution in [-0.4, -0.2) is 62.1 Å². The van der Waals surface area contributed by atoms with Crippen LogP contribution in [0.25, 0.3) is 0 Å². The predicted molar refractivity (Wildman–Crippen MR) is 75.1 cm³/mol. The first-order valence-corrected chi connectivity index (χ1v) is 7.51. The van der Waals surface area contributed by atoms with Crippen LogP contribution in [0.15, 0.2) is 0 Å². The SMILES string of the molecule is CCC(NC(=O)C(C)C1CNC1)C(=O)N1CCOCC1. The van der Waals surface area contributed by atoms with E-state index >= 15 is 0 Å². The number of morpholine rings is 1. The molecule has 2 rings (SSSR count). The molecule has 20 heavy (non-hydrogen) atoms. The Morgan fingerprint density at radius 3 is 2.50 bits per heavy atom. The van der Waals surface area contributed by atoms with E-state index in [1.807, 2.05) is 13.8 Å². The second-order valence-corrected chi connectivity index (χ2v) is 5.61. The van der Waals surface area contributed by atoms with Crippen LogP contribution in [0.3, 0.4) is 0 Å². The van der Waals surface area contributed by atoms with E-state index in [2.05, 4.69) is 10.6 Å². The lowest BCUT2D eigenvalue weighted by Crippen LogP contribution is -2.55. The Hall–Kier alpha value is -1.14. The molecule has 6 heteroatoms. The van der Waals surface area contributed by atoms with Crippen LogP contribution in [0, 0.1) is 11.8 Å². The third kappa shape index (κ3) is 3.49. The van der Waals surface area contributed by atoms with E-state index in [0.717, 1.165) is 13.1 Å². The molecule has 0 saturated carbocycles. The average molecular weight is 283 g/mol. The smallest absolute Gasteiger partial charge is 0.245 e. The summed E-state index contributed by atoms with van der Waals surface area (Å²) in [7, 11) is 0. The first kappa shape index (κ1) is 15.3. The van der Waals surface area contributed by atoms with E-state index in [4.69, 9.17) is 4.74 Å². The maximum atomic E-state index is 12.4. The molecule has 0 aromatic heterocycles. The summed E-state index contributed by atoms with van der Waals surface area (Å²) in [6.45, 7) is 8.05. The molecule has 2 amide bonds. The fraction of sp³-hybridized carbons (Fsp3) is 0.857. The van der Waals surface area contributed by atoms with Gasteiger partial charge < -0.3 is 20.3 Å². The molecule has 2 aliphatic rings. The van der Waals surface area contributed by atoms with Gasteiger partial charge in [-0.05, 0) is 25.4 Å². The molecule has 0 aromatic carbocycles. The second-order valence-electron chi connectivity index (χ2n) is 5.61. The zero-order chi connectivity index (χ0) is 14.5. The first-order chi connectivity index (χ1) is 9.63. The number of nitrogens with zero attached hydrogens (tertiary/aromatic N) is 1. The summed E-state index contributed by atoms with van der Waals surface area (Å²) in [5, 5.41) is 6.08. The minimum atomic E-state index is -0.406. The van der Waals surface area contributed by atoms with Gasteiger partial charge in [-0.2, -0.15) is 0 Å². The van der Waals surface area contributed by atoms with Crippen LogP contribution in [-0.2, 0) is 14.3 Å². The maximum Gasteiger partial charge on any atom is 0.245 e. The molecule has 2 fully saturated rings. The topological polar surface area (TPSA) is 70.7 Å². The standard InChI is InChI=1S/C14H25N3O3/c1-3-12(14(19)17-4-6-20-7-5-17)16-13(18)10(2)11-8-15-9-11/h10-12,15H,3-9H2,1-2H3,(H,16,18). The molecule has 0 aliphatic carbocycles. The Bertz CT molecular complexity index is 352. The molecular weight excluding hydrogens is 258 g/mol. The molecule has 0 radical (unpaired) electrons. The quantitative estimate of drug-likeness (QED) is 0.720. The number of hydrogen-bond donors (Lipinski definition) is 2. The Balaban J connectivity index is 1.86. The molecule has 2 saturated heterocycles. The highest BCUT2D eigenvalue weighted by Gasteiger charge is 2.32. The lowest BCUT2D eigenvalue weighted by molar-refractivity contribution is -0.141. The summed E-state index contributed by atoms with van der Waals surface area (Å²) >= 11 is 0. The lowest BCUT2D eigenvalue weighted by atomic mass is 9.88. The lowest BCUT2D eigenvalue weighted by Gasteiger charge is -2.34. The molecule has 0 spiro atoms. The highest BCUT2D eigenvalue weighted by Crippen LogP contribution is 2.16. The normalized spacial score (nSPS) is 22.8. The van der Waals surface area contributed by atoms with Gasteiger partial charge in [0.1, 0.15) is 6.04 Å². The molecule has 6 nitrogen and oxygen atoms in total. The van der Waals surface area contributed by atoms with Gasteiger partial charge in [-0.15, -0.1) is 0 Å². The van der Waals surface area contributed by atoms with Gasteiger partial charge in [0.15, 0.2) is 0 Å². The van der Waals surface area contributed by atoms with Crippen LogP contribution >= 0.6 is 0 Å². The van der Waals surface area contributed by atoms with Crippen LogP contribution in [0.5, 0.6) is 0 Å². The number of ether oxygens (including phenoxy) is 1. The molecule has 114 valence electrons. The molecule has 0 bridgehead atoms. The number of rotatable bonds is 5. The van der Waals surface area contributed by atoms with Crippen LogP contribution in [0.1, 0.15) is 20.3 Å². The van der Waals surface area contributed by atoms with E-state index in [-0.39, 0.29) is 17.7 Å². The maximum absolute atomic E-state index is 12.4. The summed E-state index contributed by atoms with van der Waals surface area (Å²) in [5.41, 5.74) is 0. The van der Waals surface area contributed by atoms with Crippen molar-refractivity contribution in [3.8, 4) is 0 Å². The number of carbonyl (C=O) groups excluding carboxylic acids is 2. The van der Waals surface area contributed by atoms with E-state index < -0.39 is 6.04 Å². The highest BCUT2D eigenvalue weighted by atomic mass is 16.5. The van der Waals surface area contributed by atoms with Crippen molar-refractivity contribution < 1.29 is 14.3 Å². The molecule has 2 heterocycles. The van der Waals surface area contributed by atoms with Gasteiger partial charge in [0.25, 0.3) is 0 Å². The Kier molecular flexibility index (Phi) is 5.37. The van der Waals surface area contributed by atoms with Gasteiger partial charge in [0.05, 0.1) is 13.2 Å². The van der Waals surface area contributed by atoms with Crippen molar-refractivity contribution in [1.29, 1.82) is 0 Å². The van der Waals surface area contributed by atoms with Gasteiger partial charge in [-0.1, -0.05) is 13.8 Å². The number of hydrogen-bond acceptors (Lipinski definition) is 4. The molecule has 2 aliphatic heterocycles. The van der Waals surface area contributed by atoms with Gasteiger partial charge in [0, 0.05) is 19.0 Å². The van der Waals surface area contributed by atoms with Gasteiger partial charge >= 0.3 is 0 Å². The molecule has 2 atom stereocenters. The summed E-state index contributed by atoms with van der Waals surface area (Å²) < 4.78 is 5.25. The largest absolute Gasteiger partial charge is 0.378 e. The van der Waals surface area contributed by atoms with E-state index in [1.165, 1.54) is 0 Å². The zero-order valence-electron chi connectivity index (χ0n) is 12.4. The van der Waals surface area contributed by atoms with Crippen LogP contribution in [0.4, 0.5) is 0 Å². The molecular formula is C14H25N3O3. The van der Waals surface area contributed by atoms with Crippen molar-refractivity contribution >= 4 is 11.8 Å². The van der Waals surface area contributed by atoms with Crippen molar-refractivity contribution in [2.75, 3.05) is 39.4 Å². The summed E-state index contributed by atoms with van der Waals surface area (Å²) in [6.07, 6.45) is 0.623. The fourth-order valence-electron chi connectivity index (χ4n) is 2.52. The minimum absolute atomic E-state index is 0.00930. The van der Waals surface area contributed by atoms with Crippen LogP contribution < -0.4 is 10.6 Å². The second kappa shape index (κ2) is 7.04. The summed E-state index contributed by atoms with van der Waals surface area (Å²) in [4.78, 5) is 26.4. The Morgan fingerprint density at radius 2 is 2.00 bits per heavy atom. The first-order valence-electron chi connectivity index (χ1n) is 7.51. The highest BCUT2D eigenvalue weighted by molar-refractivity contribution is 5.88. The van der Waals surface area contributed by atoms with E-state index in [1.54, 1.807) is 4.90 Å². The van der Waals surface area contributed by atoms with E-state index in [9.17, 15) is 9.59 Å². The molecule has 0 aromatic rings. The van der Waals surface area contributed by atoms with Gasteiger partial charge in [-0.3, -0.25) is 9.59 Å². The van der Waals surface area contributed by atoms with Crippen molar-refractivity contribution in [1.82, 2.24) is 15.5 Å². The third-order valence-corrected chi connectivity index (χ3v) is 4.28. The Labute approximate surface area is 120 Å². The fourth-order valence-corrected chi connectivity index (χ4v) is 2.52. The summed E-state index contributed by atoms with van der Waals surface area (Å²) in [6, 6.07) is -0.406. The zero-order valence-corrected chi connectivity index (χ0v) is 12.4. The van der Waals surface area contributed by atoms with Crippen molar-refractivity contribution in [2.45, 2.75) is 26.3 Å². The van der Waals surface area contributed by atoms with E-state index in [0.29, 0.717) is 38.6 Å². The number of carbonyl (C=O) groups is 2. The average Bonchev–Trinajstić information content (AvgIpc) is 2.42. The van der Waals surface area contributed by atoms with Gasteiger partial charge in [-0.25, -0.2) is 0 Å². The van der Waals surface area contributed by atoms with Crippen molar-refractivity contribution in [2.24, 2.45) is 11.8 Å². The van der Waals surface area contributed by atoms with Crippen LogP contribution in [0.2, 0.25) is 0 Å². The number of nitrogens with one attached hydrogen (secondary N) is 2. The monoisotopic (exact) mass is 283 g/mol. The number of amides is 2. The molecule has 2 N–H and O–H groups in total. The Morgan fingerprint density at radius 1 is 1.35 bits per heavy atom.